The van der Waals surface area contributed by atoms with Crippen molar-refractivity contribution in [3.8, 4) is 5.75 Å². The van der Waals surface area contributed by atoms with Gasteiger partial charge in [-0.2, -0.15) is 0 Å². The van der Waals surface area contributed by atoms with Crippen molar-refractivity contribution in [3.05, 3.63) is 68.8 Å². The van der Waals surface area contributed by atoms with Gasteiger partial charge in [0.05, 0.1) is 17.1 Å². The molecule has 0 saturated heterocycles. The van der Waals surface area contributed by atoms with E-state index in [1.54, 1.807) is 0 Å². The Labute approximate surface area is 150 Å². The number of benzene rings is 2. The lowest BCUT2D eigenvalue weighted by molar-refractivity contribution is -0.385. The van der Waals surface area contributed by atoms with E-state index >= 15 is 0 Å². The third-order valence-corrected chi connectivity index (χ3v) is 4.30. The molecule has 2 aromatic carbocycles. The van der Waals surface area contributed by atoms with E-state index in [4.69, 9.17) is 4.74 Å². The van der Waals surface area contributed by atoms with Crippen molar-refractivity contribution >= 4 is 17.5 Å². The molecule has 2 aromatic rings. The number of nitro groups is 1. The number of nitrogens with zero attached hydrogens (tertiary/aromatic N) is 2. The normalized spacial score (nSPS) is 13.1. The minimum Gasteiger partial charge on any atom is -0.493 e. The highest BCUT2D eigenvalue weighted by Crippen LogP contribution is 2.30. The van der Waals surface area contributed by atoms with Gasteiger partial charge in [0.2, 0.25) is 0 Å². The second-order valence-electron chi connectivity index (χ2n) is 6.19. The number of hydrogen-bond acceptors (Lipinski definition) is 5. The van der Waals surface area contributed by atoms with E-state index in [1.807, 2.05) is 32.0 Å². The molecule has 0 aliphatic carbocycles. The molecule has 0 bridgehead atoms. The highest BCUT2D eigenvalue weighted by molar-refractivity contribution is 6.23. The molecular weight excluding hydrogens is 336 g/mol. The van der Waals surface area contributed by atoms with Crippen molar-refractivity contribution in [2.45, 2.75) is 20.3 Å². The van der Waals surface area contributed by atoms with Gasteiger partial charge in [0, 0.05) is 12.6 Å². The number of fused-ring (bicyclic) bond motifs is 1. The first-order valence-corrected chi connectivity index (χ1v) is 8.24. The number of hydrogen-bond donors (Lipinski definition) is 0. The fraction of sp³-hybridized carbons (Fsp3) is 0.263. The predicted molar refractivity (Wildman–Crippen MR) is 94.5 cm³/mol. The van der Waals surface area contributed by atoms with Gasteiger partial charge in [-0.25, -0.2) is 0 Å². The molecule has 134 valence electrons. The number of amides is 2. The fourth-order valence-corrected chi connectivity index (χ4v) is 2.94. The summed E-state index contributed by atoms with van der Waals surface area (Å²) in [7, 11) is 0. The van der Waals surface area contributed by atoms with E-state index in [0.717, 1.165) is 21.8 Å². The molecular formula is C19H18N2O5. The number of aryl methyl sites for hydroxylation is 2. The first-order chi connectivity index (χ1) is 12.4. The quantitative estimate of drug-likeness (QED) is 0.344. The van der Waals surface area contributed by atoms with Crippen molar-refractivity contribution in [1.29, 1.82) is 0 Å². The molecule has 1 aliphatic heterocycles. The zero-order valence-corrected chi connectivity index (χ0v) is 14.5. The molecule has 3 rings (SSSR count). The average Bonchev–Trinajstić information content (AvgIpc) is 2.86. The molecule has 0 radical (unpaired) electrons. The monoisotopic (exact) mass is 354 g/mol. The van der Waals surface area contributed by atoms with E-state index in [1.165, 1.54) is 18.2 Å². The molecule has 1 aliphatic rings. The summed E-state index contributed by atoms with van der Waals surface area (Å²) in [4.78, 5) is 36.3. The molecule has 0 aromatic heterocycles. The Balaban J connectivity index is 1.65. The summed E-state index contributed by atoms with van der Waals surface area (Å²) in [6, 6.07) is 9.98. The van der Waals surface area contributed by atoms with Crippen LogP contribution in [0.3, 0.4) is 0 Å². The number of nitro benzene ring substituents is 1. The highest BCUT2D eigenvalue weighted by Gasteiger charge is 2.40. The molecule has 0 N–H and O–H groups in total. The van der Waals surface area contributed by atoms with Crippen LogP contribution in [-0.2, 0) is 0 Å². The van der Waals surface area contributed by atoms with Crippen LogP contribution in [0.2, 0.25) is 0 Å². The molecule has 2 amide bonds. The molecule has 7 heteroatoms. The summed E-state index contributed by atoms with van der Waals surface area (Å²) in [5, 5.41) is 11.1. The lowest BCUT2D eigenvalue weighted by Gasteiger charge is -2.14. The maximum Gasteiger partial charge on any atom is 0.282 e. The van der Waals surface area contributed by atoms with Gasteiger partial charge in [0.15, 0.2) is 0 Å². The topological polar surface area (TPSA) is 89.8 Å². The van der Waals surface area contributed by atoms with Gasteiger partial charge in [0.1, 0.15) is 11.3 Å². The van der Waals surface area contributed by atoms with E-state index in [2.05, 4.69) is 0 Å². The van der Waals surface area contributed by atoms with Crippen LogP contribution in [0.25, 0.3) is 0 Å². The van der Waals surface area contributed by atoms with Crippen LogP contribution in [0.4, 0.5) is 5.69 Å². The fourth-order valence-electron chi connectivity index (χ4n) is 2.94. The largest absolute Gasteiger partial charge is 0.493 e. The maximum absolute atomic E-state index is 12.5. The third kappa shape index (κ3) is 3.15. The Hall–Kier alpha value is -3.22. The van der Waals surface area contributed by atoms with Crippen LogP contribution >= 0.6 is 0 Å². The number of carbonyl (C=O) groups excluding carboxylic acids is 2. The van der Waals surface area contributed by atoms with Gasteiger partial charge < -0.3 is 4.74 Å². The van der Waals surface area contributed by atoms with Crippen LogP contribution in [0.5, 0.6) is 5.75 Å². The van der Waals surface area contributed by atoms with E-state index in [-0.39, 0.29) is 23.4 Å². The number of imide groups is 1. The van der Waals surface area contributed by atoms with Crippen LogP contribution in [0.1, 0.15) is 38.3 Å². The van der Waals surface area contributed by atoms with Gasteiger partial charge in [-0.15, -0.1) is 0 Å². The molecule has 26 heavy (non-hydrogen) atoms. The number of carbonyl (C=O) groups is 2. The summed E-state index contributed by atoms with van der Waals surface area (Å²) >= 11 is 0. The number of ether oxygens (including phenoxy) is 1. The van der Waals surface area contributed by atoms with Crippen LogP contribution < -0.4 is 4.74 Å². The molecule has 7 nitrogen and oxygen atoms in total. The van der Waals surface area contributed by atoms with Gasteiger partial charge in [0.25, 0.3) is 17.5 Å². The van der Waals surface area contributed by atoms with E-state index < -0.39 is 16.7 Å². The van der Waals surface area contributed by atoms with Crippen LogP contribution in [-0.4, -0.2) is 34.8 Å². The van der Waals surface area contributed by atoms with Gasteiger partial charge >= 0.3 is 0 Å². The van der Waals surface area contributed by atoms with Gasteiger partial charge in [-0.1, -0.05) is 18.2 Å². The zero-order chi connectivity index (χ0) is 18.8. The molecule has 0 unspecified atom stereocenters. The standard InChI is InChI=1S/C19H18N2O5/c1-12-7-8-13(2)16(11-12)26-10-4-9-20-18(22)14-5-3-6-15(21(24)25)17(14)19(20)23/h3,5-8,11H,4,9-10H2,1-2H3. The second kappa shape index (κ2) is 6.95. The van der Waals surface area contributed by atoms with Crippen LogP contribution in [0.15, 0.2) is 36.4 Å². The van der Waals surface area contributed by atoms with Crippen molar-refractivity contribution in [2.75, 3.05) is 13.2 Å². The summed E-state index contributed by atoms with van der Waals surface area (Å²) in [5.41, 5.74) is 1.71. The molecule has 0 atom stereocenters. The Kier molecular flexibility index (Phi) is 4.71. The van der Waals surface area contributed by atoms with Crippen molar-refractivity contribution in [3.63, 3.8) is 0 Å². The molecule has 0 spiro atoms. The Morgan fingerprint density at radius 1 is 1.12 bits per heavy atom. The van der Waals surface area contributed by atoms with Crippen molar-refractivity contribution in [2.24, 2.45) is 0 Å². The van der Waals surface area contributed by atoms with Crippen molar-refractivity contribution < 1.29 is 19.2 Å². The van der Waals surface area contributed by atoms with E-state index in [9.17, 15) is 19.7 Å². The van der Waals surface area contributed by atoms with Crippen LogP contribution in [0, 0.1) is 24.0 Å². The summed E-state index contributed by atoms with van der Waals surface area (Å²) in [6.45, 7) is 4.39. The van der Waals surface area contributed by atoms with E-state index in [0.29, 0.717) is 13.0 Å². The van der Waals surface area contributed by atoms with Gasteiger partial charge in [-0.05, 0) is 43.5 Å². The Morgan fingerprint density at radius 2 is 1.88 bits per heavy atom. The number of rotatable bonds is 6. The average molecular weight is 354 g/mol. The Bertz CT molecular complexity index is 907. The first-order valence-electron chi connectivity index (χ1n) is 8.24. The second-order valence-corrected chi connectivity index (χ2v) is 6.19. The van der Waals surface area contributed by atoms with Gasteiger partial charge in [-0.3, -0.25) is 24.6 Å². The smallest absolute Gasteiger partial charge is 0.282 e. The summed E-state index contributed by atoms with van der Waals surface area (Å²) in [5.74, 6) is -0.354. The lowest BCUT2D eigenvalue weighted by Crippen LogP contribution is -2.31. The lowest BCUT2D eigenvalue weighted by atomic mass is 10.1. The minimum absolute atomic E-state index is 0.0830. The van der Waals surface area contributed by atoms with Crippen molar-refractivity contribution in [1.82, 2.24) is 4.90 Å². The SMILES string of the molecule is Cc1ccc(C)c(OCCCN2C(=O)c3cccc([N+](=O)[O-])c3C2=O)c1. The minimum atomic E-state index is -0.642. The zero-order valence-electron chi connectivity index (χ0n) is 14.5. The molecule has 1 heterocycles. The highest BCUT2D eigenvalue weighted by atomic mass is 16.6. The molecule has 0 fully saturated rings. The third-order valence-electron chi connectivity index (χ3n) is 4.30. The molecule has 0 saturated carbocycles. The Morgan fingerprint density at radius 3 is 2.62 bits per heavy atom. The predicted octanol–water partition coefficient (Wildman–Crippen LogP) is 3.28. The summed E-state index contributed by atoms with van der Waals surface area (Å²) < 4.78 is 5.73. The maximum atomic E-state index is 12.5. The first kappa shape index (κ1) is 17.6. The summed E-state index contributed by atoms with van der Waals surface area (Å²) in [6.07, 6.45) is 0.437.